The minimum atomic E-state index is 0.284. The van der Waals surface area contributed by atoms with Gasteiger partial charge in [-0.1, -0.05) is 48.0 Å². The van der Waals surface area contributed by atoms with Crippen LogP contribution in [0.5, 0.6) is 0 Å². The van der Waals surface area contributed by atoms with Gasteiger partial charge >= 0.3 is 0 Å². The molecule has 0 aliphatic heterocycles. The summed E-state index contributed by atoms with van der Waals surface area (Å²) in [5.41, 5.74) is 3.72. The molecule has 1 aromatic carbocycles. The second-order valence-electron chi connectivity index (χ2n) is 5.48. The fourth-order valence-electron chi connectivity index (χ4n) is 2.56. The van der Waals surface area contributed by atoms with Crippen LogP contribution in [0.4, 0.5) is 0 Å². The summed E-state index contributed by atoms with van der Waals surface area (Å²) in [7, 11) is 0. The molecule has 0 spiro atoms. The lowest BCUT2D eigenvalue weighted by molar-refractivity contribution is 0.459. The van der Waals surface area contributed by atoms with Gasteiger partial charge in [-0.3, -0.25) is 4.98 Å². The first kappa shape index (κ1) is 16.2. The van der Waals surface area contributed by atoms with Crippen LogP contribution in [0.3, 0.4) is 0 Å². The summed E-state index contributed by atoms with van der Waals surface area (Å²) in [4.78, 5) is 4.52. The predicted octanol–water partition coefficient (Wildman–Crippen LogP) is 5.00. The lowest BCUT2D eigenvalue weighted by atomic mass is 9.90. The van der Waals surface area contributed by atoms with Crippen molar-refractivity contribution in [2.24, 2.45) is 0 Å². The maximum Gasteiger partial charge on any atom is 0.0450 e. The van der Waals surface area contributed by atoms with Crippen molar-refractivity contribution in [1.82, 2.24) is 10.3 Å². The fraction of sp³-hybridized carbons (Fsp3) is 0.389. The Labute approximate surface area is 136 Å². The molecule has 0 aliphatic carbocycles. The molecule has 0 amide bonds. The minimum Gasteiger partial charge on any atom is -0.309 e. The Hall–Kier alpha value is -1.19. The summed E-state index contributed by atoms with van der Waals surface area (Å²) < 4.78 is 1.16. The zero-order valence-corrected chi connectivity index (χ0v) is 14.5. The number of nitrogens with zero attached hydrogens (tertiary/aromatic N) is 1. The first-order chi connectivity index (χ1) is 10.1. The van der Waals surface area contributed by atoms with Crippen LogP contribution in [-0.2, 0) is 0 Å². The zero-order valence-electron chi connectivity index (χ0n) is 12.9. The van der Waals surface area contributed by atoms with Gasteiger partial charge in [-0.25, -0.2) is 0 Å². The normalized spacial score (nSPS) is 13.9. The third kappa shape index (κ3) is 4.14. The van der Waals surface area contributed by atoms with Crippen LogP contribution in [0.25, 0.3) is 0 Å². The number of hydrogen-bond acceptors (Lipinski definition) is 2. The standard InChI is InChI=1S/C18H23BrN2/c1-4-10-21-18(14(3)17-7-5-6-11-20-17)15-8-9-16(19)13(2)12-15/h5-9,11-12,14,18,21H,4,10H2,1-3H3. The first-order valence-electron chi connectivity index (χ1n) is 7.53. The Morgan fingerprint density at radius 2 is 2.05 bits per heavy atom. The van der Waals surface area contributed by atoms with Crippen molar-refractivity contribution in [3.8, 4) is 0 Å². The Morgan fingerprint density at radius 3 is 2.67 bits per heavy atom. The van der Waals surface area contributed by atoms with Crippen LogP contribution < -0.4 is 5.32 Å². The molecule has 0 bridgehead atoms. The van der Waals surface area contributed by atoms with Gasteiger partial charge in [0.05, 0.1) is 0 Å². The van der Waals surface area contributed by atoms with Gasteiger partial charge in [-0.05, 0) is 49.2 Å². The zero-order chi connectivity index (χ0) is 15.2. The van der Waals surface area contributed by atoms with E-state index in [0.29, 0.717) is 5.92 Å². The molecule has 2 atom stereocenters. The molecule has 0 saturated heterocycles. The van der Waals surface area contributed by atoms with Crippen molar-refractivity contribution in [2.75, 3.05) is 6.54 Å². The third-order valence-corrected chi connectivity index (χ3v) is 4.70. The number of hydrogen-bond donors (Lipinski definition) is 1. The second-order valence-corrected chi connectivity index (χ2v) is 6.34. The topological polar surface area (TPSA) is 24.9 Å². The summed E-state index contributed by atoms with van der Waals surface area (Å²) in [6.45, 7) is 7.59. The highest BCUT2D eigenvalue weighted by atomic mass is 79.9. The Balaban J connectivity index is 2.31. The van der Waals surface area contributed by atoms with Gasteiger partial charge in [-0.15, -0.1) is 0 Å². The molecule has 2 unspecified atom stereocenters. The number of aryl methyl sites for hydroxylation is 1. The molecule has 0 radical (unpaired) electrons. The summed E-state index contributed by atoms with van der Waals surface area (Å²) >= 11 is 3.58. The van der Waals surface area contributed by atoms with Gasteiger partial charge in [-0.2, -0.15) is 0 Å². The van der Waals surface area contributed by atoms with E-state index in [0.717, 1.165) is 23.1 Å². The molecule has 112 valence electrons. The molecule has 2 nitrogen and oxygen atoms in total. The Kier molecular flexibility index (Phi) is 5.95. The molecule has 3 heteroatoms. The number of benzene rings is 1. The van der Waals surface area contributed by atoms with Gasteiger partial charge in [0.15, 0.2) is 0 Å². The molecule has 2 aromatic rings. The monoisotopic (exact) mass is 346 g/mol. The molecule has 1 heterocycles. The summed E-state index contributed by atoms with van der Waals surface area (Å²) in [5, 5.41) is 3.68. The SMILES string of the molecule is CCCNC(c1ccc(Br)c(C)c1)C(C)c1ccccn1. The van der Waals surface area contributed by atoms with Crippen molar-refractivity contribution in [3.05, 3.63) is 63.9 Å². The van der Waals surface area contributed by atoms with E-state index >= 15 is 0 Å². The van der Waals surface area contributed by atoms with Crippen LogP contribution >= 0.6 is 15.9 Å². The average Bonchev–Trinajstić information content (AvgIpc) is 2.51. The average molecular weight is 347 g/mol. The molecule has 1 N–H and O–H groups in total. The molecule has 0 saturated carbocycles. The maximum atomic E-state index is 4.52. The van der Waals surface area contributed by atoms with Crippen LogP contribution in [0.15, 0.2) is 47.1 Å². The van der Waals surface area contributed by atoms with Gasteiger partial charge in [0, 0.05) is 28.3 Å². The molecule has 0 fully saturated rings. The smallest absolute Gasteiger partial charge is 0.0450 e. The van der Waals surface area contributed by atoms with Gasteiger partial charge in [0.1, 0.15) is 0 Å². The predicted molar refractivity (Wildman–Crippen MR) is 92.6 cm³/mol. The number of pyridine rings is 1. The largest absolute Gasteiger partial charge is 0.309 e. The number of nitrogens with one attached hydrogen (secondary N) is 1. The van der Waals surface area contributed by atoms with Gasteiger partial charge in [0.25, 0.3) is 0 Å². The van der Waals surface area contributed by atoms with E-state index in [9.17, 15) is 0 Å². The fourth-order valence-corrected chi connectivity index (χ4v) is 2.81. The molecular formula is C18H23BrN2. The molecule has 1 aromatic heterocycles. The molecule has 0 aliphatic rings. The van der Waals surface area contributed by atoms with E-state index in [4.69, 9.17) is 0 Å². The van der Waals surface area contributed by atoms with E-state index in [-0.39, 0.29) is 6.04 Å². The van der Waals surface area contributed by atoms with Crippen LogP contribution in [0.2, 0.25) is 0 Å². The quantitative estimate of drug-likeness (QED) is 0.796. The molecule has 21 heavy (non-hydrogen) atoms. The van der Waals surface area contributed by atoms with Gasteiger partial charge < -0.3 is 5.32 Å². The van der Waals surface area contributed by atoms with Crippen LogP contribution in [0.1, 0.15) is 49.0 Å². The summed E-state index contributed by atoms with van der Waals surface area (Å²) in [6, 6.07) is 13.0. The van der Waals surface area contributed by atoms with Crippen molar-refractivity contribution in [3.63, 3.8) is 0 Å². The lowest BCUT2D eigenvalue weighted by Gasteiger charge is -2.26. The van der Waals surface area contributed by atoms with Crippen molar-refractivity contribution in [2.45, 2.75) is 39.2 Å². The van der Waals surface area contributed by atoms with Crippen molar-refractivity contribution < 1.29 is 0 Å². The molecular weight excluding hydrogens is 324 g/mol. The van der Waals surface area contributed by atoms with E-state index in [2.05, 4.69) is 77.3 Å². The maximum absolute atomic E-state index is 4.52. The number of rotatable bonds is 6. The second kappa shape index (κ2) is 7.71. The number of halogens is 1. The van der Waals surface area contributed by atoms with E-state index < -0.39 is 0 Å². The van der Waals surface area contributed by atoms with Crippen molar-refractivity contribution in [1.29, 1.82) is 0 Å². The Morgan fingerprint density at radius 1 is 1.24 bits per heavy atom. The number of aromatic nitrogens is 1. The summed E-state index contributed by atoms with van der Waals surface area (Å²) in [6.07, 6.45) is 3.00. The highest BCUT2D eigenvalue weighted by Gasteiger charge is 2.21. The van der Waals surface area contributed by atoms with Gasteiger partial charge in [0.2, 0.25) is 0 Å². The van der Waals surface area contributed by atoms with E-state index in [1.54, 1.807) is 0 Å². The highest BCUT2D eigenvalue weighted by Crippen LogP contribution is 2.31. The Bertz CT molecular complexity index is 569. The molecule has 2 rings (SSSR count). The first-order valence-corrected chi connectivity index (χ1v) is 8.33. The van der Waals surface area contributed by atoms with E-state index in [1.807, 2.05) is 12.3 Å². The van der Waals surface area contributed by atoms with Crippen LogP contribution in [-0.4, -0.2) is 11.5 Å². The van der Waals surface area contributed by atoms with Crippen molar-refractivity contribution >= 4 is 15.9 Å². The summed E-state index contributed by atoms with van der Waals surface area (Å²) in [5.74, 6) is 0.332. The van der Waals surface area contributed by atoms with E-state index in [1.165, 1.54) is 11.1 Å². The minimum absolute atomic E-state index is 0.284. The van der Waals surface area contributed by atoms with Crippen LogP contribution in [0, 0.1) is 6.92 Å². The lowest BCUT2D eigenvalue weighted by Crippen LogP contribution is -2.27. The highest BCUT2D eigenvalue weighted by molar-refractivity contribution is 9.10. The third-order valence-electron chi connectivity index (χ3n) is 3.81.